The molecule has 56 heavy (non-hydrogen) atoms. The molecule has 0 bridgehead atoms. The third kappa shape index (κ3) is 46.7. The minimum atomic E-state index is -4.39. The van der Waals surface area contributed by atoms with Crippen molar-refractivity contribution in [2.24, 2.45) is 0 Å². The lowest BCUT2D eigenvalue weighted by Crippen LogP contribution is -2.37. The summed E-state index contributed by atoms with van der Waals surface area (Å²) in [6, 6.07) is 0. The molecule has 0 N–H and O–H groups in total. The van der Waals surface area contributed by atoms with Gasteiger partial charge in [0.2, 0.25) is 0 Å². The Labute approximate surface area is 351 Å². The molecule has 0 amide bonds. The van der Waals surface area contributed by atoms with E-state index in [1.54, 1.807) is 0 Å². The molecule has 0 aliphatic rings. The second-order valence-electron chi connectivity index (χ2n) is 18.2. The molecule has 0 aromatic carbocycles. The molecule has 0 rings (SSSR count). The van der Waals surface area contributed by atoms with Crippen LogP contribution in [0.25, 0.3) is 0 Å². The molecule has 8 heteroatoms. The van der Waals surface area contributed by atoms with Gasteiger partial charge in [0.1, 0.15) is 19.3 Å². The van der Waals surface area contributed by atoms with Crippen LogP contribution in [0, 0.1) is 0 Å². The van der Waals surface area contributed by atoms with E-state index >= 15 is 0 Å². The molecule has 0 aliphatic carbocycles. The lowest BCUT2D eigenvalue weighted by Gasteiger charge is -2.28. The van der Waals surface area contributed by atoms with Crippen LogP contribution in [-0.4, -0.2) is 71.3 Å². The van der Waals surface area contributed by atoms with Crippen LogP contribution in [-0.2, 0) is 23.1 Å². The molecule has 7 nitrogen and oxygen atoms in total. The summed E-state index contributed by atoms with van der Waals surface area (Å²) in [5.74, 6) is 0. The van der Waals surface area contributed by atoms with E-state index in [4.69, 9.17) is 18.5 Å². The van der Waals surface area contributed by atoms with Crippen molar-refractivity contribution in [2.75, 3.05) is 60.7 Å². The highest BCUT2D eigenvalue weighted by Gasteiger charge is 2.18. The van der Waals surface area contributed by atoms with E-state index in [1.165, 1.54) is 212 Å². The predicted octanol–water partition coefficient (Wildman–Crippen LogP) is 14.7. The lowest BCUT2D eigenvalue weighted by atomic mass is 10.0. The minimum Gasteiger partial charge on any atom is -0.756 e. The Morgan fingerprint density at radius 2 is 0.714 bits per heavy atom. The zero-order valence-electron chi connectivity index (χ0n) is 38.6. The summed E-state index contributed by atoms with van der Waals surface area (Å²) in [5, 5.41) is 0. The van der Waals surface area contributed by atoms with Gasteiger partial charge >= 0.3 is 0 Å². The van der Waals surface area contributed by atoms with Crippen LogP contribution in [0.5, 0.6) is 0 Å². The smallest absolute Gasteiger partial charge is 0.268 e. The van der Waals surface area contributed by atoms with Gasteiger partial charge in [-0.25, -0.2) is 0 Å². The number of likely N-dealkylation sites (N-methyl/N-ethyl adjacent to an activating group) is 1. The number of phosphoric ester groups is 1. The summed E-state index contributed by atoms with van der Waals surface area (Å²) >= 11 is 0. The van der Waals surface area contributed by atoms with Crippen molar-refractivity contribution in [3.8, 4) is 0 Å². The molecular weight excluding hydrogens is 718 g/mol. The Morgan fingerprint density at radius 1 is 0.411 bits per heavy atom. The maximum absolute atomic E-state index is 12.4. The van der Waals surface area contributed by atoms with Crippen molar-refractivity contribution in [3.05, 3.63) is 0 Å². The Hall–Kier alpha value is -0.0100. The molecule has 0 aliphatic heterocycles. The van der Waals surface area contributed by atoms with E-state index < -0.39 is 13.9 Å². The number of rotatable bonds is 48. The quantitative estimate of drug-likeness (QED) is 0.0346. The minimum absolute atomic E-state index is 0.0661. The number of nitrogens with zero attached hydrogens (tertiary/aromatic N) is 1. The van der Waals surface area contributed by atoms with Gasteiger partial charge in [-0.3, -0.25) is 4.57 Å². The van der Waals surface area contributed by atoms with Crippen molar-refractivity contribution >= 4 is 7.82 Å². The SMILES string of the molecule is CCCCCCCCCCCCCCCCCCCCOC[C@H](COP(=O)([O-])OCC[N+](C)(C)C)OCCCCCCCCCCCCCCCCCCCC. The topological polar surface area (TPSA) is 77.1 Å². The van der Waals surface area contributed by atoms with E-state index in [1.807, 2.05) is 21.1 Å². The molecule has 2 atom stereocenters. The van der Waals surface area contributed by atoms with Crippen molar-refractivity contribution < 1.29 is 32.5 Å². The largest absolute Gasteiger partial charge is 0.756 e. The fourth-order valence-corrected chi connectivity index (χ4v) is 8.09. The molecule has 0 spiro atoms. The van der Waals surface area contributed by atoms with Gasteiger partial charge in [-0.15, -0.1) is 0 Å². The van der Waals surface area contributed by atoms with Crippen LogP contribution in [0.15, 0.2) is 0 Å². The average Bonchev–Trinajstić information content (AvgIpc) is 3.16. The van der Waals surface area contributed by atoms with Gasteiger partial charge in [-0.2, -0.15) is 0 Å². The number of hydrogen-bond donors (Lipinski definition) is 0. The maximum atomic E-state index is 12.4. The fraction of sp³-hybridized carbons (Fsp3) is 1.00. The van der Waals surface area contributed by atoms with Gasteiger partial charge < -0.3 is 27.9 Å². The van der Waals surface area contributed by atoms with Crippen LogP contribution in [0.2, 0.25) is 0 Å². The van der Waals surface area contributed by atoms with Crippen LogP contribution in [0.3, 0.4) is 0 Å². The first kappa shape index (κ1) is 56.0. The predicted molar refractivity (Wildman–Crippen MR) is 241 cm³/mol. The number of phosphoric acid groups is 1. The Morgan fingerprint density at radius 3 is 1.04 bits per heavy atom. The highest BCUT2D eigenvalue weighted by atomic mass is 31.2. The number of unbranched alkanes of at least 4 members (excludes halogenated alkanes) is 34. The summed E-state index contributed by atoms with van der Waals surface area (Å²) in [4.78, 5) is 12.4. The van der Waals surface area contributed by atoms with Crippen molar-refractivity contribution in [1.29, 1.82) is 0 Å². The summed E-state index contributed by atoms with van der Waals surface area (Å²) < 4.78 is 35.5. The third-order valence-corrected chi connectivity index (χ3v) is 12.2. The first-order chi connectivity index (χ1) is 27.2. The van der Waals surface area contributed by atoms with Crippen molar-refractivity contribution in [1.82, 2.24) is 0 Å². The molecule has 1 unspecified atom stereocenters. The lowest BCUT2D eigenvalue weighted by molar-refractivity contribution is -0.870. The zero-order valence-corrected chi connectivity index (χ0v) is 39.5. The maximum Gasteiger partial charge on any atom is 0.268 e. The number of ether oxygens (including phenoxy) is 2. The van der Waals surface area contributed by atoms with Crippen LogP contribution >= 0.6 is 7.82 Å². The molecule has 0 saturated heterocycles. The van der Waals surface area contributed by atoms with Gasteiger partial charge in [0.05, 0.1) is 34.4 Å². The van der Waals surface area contributed by atoms with E-state index in [0.29, 0.717) is 30.8 Å². The van der Waals surface area contributed by atoms with Crippen LogP contribution in [0.4, 0.5) is 0 Å². The average molecular weight is 818 g/mol. The zero-order chi connectivity index (χ0) is 41.1. The molecule has 0 fully saturated rings. The molecule has 0 aromatic heterocycles. The first-order valence-electron chi connectivity index (χ1n) is 24.8. The van der Waals surface area contributed by atoms with E-state index in [-0.39, 0.29) is 13.2 Å². The molecule has 0 saturated carbocycles. The van der Waals surface area contributed by atoms with Crippen molar-refractivity contribution in [3.63, 3.8) is 0 Å². The Balaban J connectivity index is 3.99. The summed E-state index contributed by atoms with van der Waals surface area (Å²) in [7, 11) is 1.62. The van der Waals surface area contributed by atoms with Gasteiger partial charge in [0, 0.05) is 13.2 Å². The van der Waals surface area contributed by atoms with Gasteiger partial charge in [-0.05, 0) is 12.8 Å². The summed E-state index contributed by atoms with van der Waals surface area (Å²) in [6.45, 7) is 6.81. The van der Waals surface area contributed by atoms with E-state index in [9.17, 15) is 9.46 Å². The normalized spacial score (nSPS) is 13.8. The highest BCUT2D eigenvalue weighted by Crippen LogP contribution is 2.38. The Bertz CT molecular complexity index is 809. The van der Waals surface area contributed by atoms with Gasteiger partial charge in [0.15, 0.2) is 0 Å². The highest BCUT2D eigenvalue weighted by molar-refractivity contribution is 7.45. The van der Waals surface area contributed by atoms with Gasteiger partial charge in [-0.1, -0.05) is 232 Å². The Kier molecular flexibility index (Phi) is 43.1. The summed E-state index contributed by atoms with van der Waals surface area (Å²) in [5.41, 5.74) is 0. The summed E-state index contributed by atoms with van der Waals surface area (Å²) in [6.07, 6.45) is 48.3. The molecule has 338 valence electrons. The standard InChI is InChI=1S/C48H100NO6P/c1-6-8-10-12-14-16-18-20-22-24-26-28-30-32-34-36-38-40-43-52-46-48(47-55-56(50,51)54-45-42-49(3,4)5)53-44-41-39-37-35-33-31-29-27-25-23-21-19-17-15-13-11-9-7-2/h48H,6-47H2,1-5H3/t48-/m1/s1. The second kappa shape index (κ2) is 43.1. The van der Waals surface area contributed by atoms with Crippen LogP contribution in [0.1, 0.15) is 245 Å². The van der Waals surface area contributed by atoms with Crippen molar-refractivity contribution in [2.45, 2.75) is 251 Å². The molecular formula is C48H100NO6P. The number of quaternary nitrogens is 1. The second-order valence-corrected chi connectivity index (χ2v) is 19.6. The van der Waals surface area contributed by atoms with E-state index in [0.717, 1.165) is 19.3 Å². The third-order valence-electron chi connectivity index (χ3n) is 11.2. The molecule has 0 aromatic rings. The van der Waals surface area contributed by atoms with Crippen LogP contribution < -0.4 is 4.89 Å². The fourth-order valence-electron chi connectivity index (χ4n) is 7.36. The monoisotopic (exact) mass is 818 g/mol. The molecule has 0 radical (unpaired) electrons. The molecule has 0 heterocycles. The van der Waals surface area contributed by atoms with Gasteiger partial charge in [0.25, 0.3) is 7.82 Å². The number of hydrogen-bond acceptors (Lipinski definition) is 6. The first-order valence-corrected chi connectivity index (χ1v) is 26.3. The van der Waals surface area contributed by atoms with E-state index in [2.05, 4.69) is 13.8 Å².